The summed E-state index contributed by atoms with van der Waals surface area (Å²) in [6.45, 7) is 3.93. The fraction of sp³-hybridized carbons (Fsp3) is 0.250. The number of rotatable bonds is 2. The van der Waals surface area contributed by atoms with E-state index in [0.29, 0.717) is 5.39 Å². The molecule has 0 atom stereocenters. The van der Waals surface area contributed by atoms with Crippen molar-refractivity contribution in [3.05, 3.63) is 39.6 Å². The van der Waals surface area contributed by atoms with Gasteiger partial charge in [-0.1, -0.05) is 0 Å². The number of hydrogen-bond donors (Lipinski definition) is 1. The van der Waals surface area contributed by atoms with Crippen LogP contribution in [0, 0.1) is 24.0 Å². The fourth-order valence-corrected chi connectivity index (χ4v) is 2.01. The van der Waals surface area contributed by atoms with Crippen molar-refractivity contribution in [1.29, 1.82) is 0 Å². The lowest BCUT2D eigenvalue weighted by atomic mass is 10.0. The van der Waals surface area contributed by atoms with E-state index in [1.165, 1.54) is 6.20 Å². The molecule has 0 aliphatic carbocycles. The van der Waals surface area contributed by atoms with Crippen molar-refractivity contribution < 1.29 is 4.92 Å². The second-order valence-electron chi connectivity index (χ2n) is 3.93. The normalized spacial score (nSPS) is 10.5. The molecule has 5 nitrogen and oxygen atoms in total. The maximum atomic E-state index is 10.9. The first kappa shape index (κ1) is 11.3. The molecule has 0 aliphatic rings. The first-order chi connectivity index (χ1) is 8.06. The minimum absolute atomic E-state index is 0.0953. The second-order valence-corrected chi connectivity index (χ2v) is 3.93. The van der Waals surface area contributed by atoms with Gasteiger partial charge in [-0.15, -0.1) is 0 Å². The van der Waals surface area contributed by atoms with E-state index in [4.69, 9.17) is 0 Å². The van der Waals surface area contributed by atoms with E-state index in [-0.39, 0.29) is 5.82 Å². The largest absolute Gasteiger partial charge is 0.387 e. The molecule has 2 rings (SSSR count). The van der Waals surface area contributed by atoms with Crippen LogP contribution in [0.3, 0.4) is 0 Å². The third-order valence-electron chi connectivity index (χ3n) is 2.99. The molecule has 0 spiro atoms. The zero-order valence-corrected chi connectivity index (χ0v) is 9.94. The smallest absolute Gasteiger partial charge is 0.371 e. The Morgan fingerprint density at radius 3 is 2.65 bits per heavy atom. The Labute approximate surface area is 98.6 Å². The number of benzene rings is 1. The molecule has 0 aliphatic heterocycles. The number of fused-ring (bicyclic) bond motifs is 1. The minimum Gasteiger partial charge on any atom is -0.387 e. The summed E-state index contributed by atoms with van der Waals surface area (Å²) in [5.41, 5.74) is 3.03. The van der Waals surface area contributed by atoms with Gasteiger partial charge in [-0.05, 0) is 47.0 Å². The van der Waals surface area contributed by atoms with Gasteiger partial charge in [0.15, 0.2) is 0 Å². The van der Waals surface area contributed by atoms with Crippen LogP contribution >= 0.6 is 0 Å². The van der Waals surface area contributed by atoms with Crippen LogP contribution in [-0.4, -0.2) is 17.0 Å². The lowest BCUT2D eigenvalue weighted by Crippen LogP contribution is -1.99. The molecule has 0 fully saturated rings. The molecule has 5 heteroatoms. The number of pyridine rings is 1. The molecule has 0 radical (unpaired) electrons. The Morgan fingerprint density at radius 1 is 1.35 bits per heavy atom. The van der Waals surface area contributed by atoms with E-state index in [1.807, 2.05) is 27.0 Å². The summed E-state index contributed by atoms with van der Waals surface area (Å²) in [6.07, 6.45) is 1.47. The number of anilines is 1. The van der Waals surface area contributed by atoms with Crippen LogP contribution in [0.15, 0.2) is 18.3 Å². The van der Waals surface area contributed by atoms with Gasteiger partial charge in [0.25, 0.3) is 0 Å². The maximum absolute atomic E-state index is 10.9. The maximum Gasteiger partial charge on any atom is 0.371 e. The van der Waals surface area contributed by atoms with Crippen LogP contribution < -0.4 is 5.32 Å². The average molecular weight is 231 g/mol. The number of aryl methyl sites for hydroxylation is 1. The third-order valence-corrected chi connectivity index (χ3v) is 2.99. The van der Waals surface area contributed by atoms with Crippen molar-refractivity contribution in [1.82, 2.24) is 4.98 Å². The van der Waals surface area contributed by atoms with Crippen LogP contribution in [0.1, 0.15) is 11.1 Å². The Bertz CT molecular complexity index is 608. The van der Waals surface area contributed by atoms with Gasteiger partial charge >= 0.3 is 5.82 Å². The number of nitro groups is 1. The van der Waals surface area contributed by atoms with Gasteiger partial charge in [0.05, 0.1) is 5.39 Å². The van der Waals surface area contributed by atoms with Gasteiger partial charge in [0.1, 0.15) is 6.20 Å². The van der Waals surface area contributed by atoms with Gasteiger partial charge < -0.3 is 15.4 Å². The molecule has 1 aromatic carbocycles. The van der Waals surface area contributed by atoms with Gasteiger partial charge in [-0.25, -0.2) is 0 Å². The van der Waals surface area contributed by atoms with E-state index in [2.05, 4.69) is 10.3 Å². The monoisotopic (exact) mass is 231 g/mol. The average Bonchev–Trinajstić information content (AvgIpc) is 2.30. The summed E-state index contributed by atoms with van der Waals surface area (Å²) in [4.78, 5) is 14.3. The molecule has 17 heavy (non-hydrogen) atoms. The standard InChI is InChI=1S/C12H13N3O2/c1-7-6-10-9(11(13-3)8(7)2)4-5-14-12(10)15(16)17/h4-6,13H,1-3H3. The first-order valence-electron chi connectivity index (χ1n) is 5.27. The Hall–Kier alpha value is -2.17. The van der Waals surface area contributed by atoms with E-state index in [1.54, 1.807) is 6.07 Å². The van der Waals surface area contributed by atoms with Crippen LogP contribution in [0.4, 0.5) is 11.5 Å². The predicted molar refractivity (Wildman–Crippen MR) is 67.4 cm³/mol. The summed E-state index contributed by atoms with van der Waals surface area (Å²) < 4.78 is 0. The molecule has 0 unspecified atom stereocenters. The molecule has 1 aromatic heterocycles. The highest BCUT2D eigenvalue weighted by molar-refractivity contribution is 6.00. The van der Waals surface area contributed by atoms with Crippen molar-refractivity contribution in [2.75, 3.05) is 12.4 Å². The lowest BCUT2D eigenvalue weighted by Gasteiger charge is -2.12. The topological polar surface area (TPSA) is 68.1 Å². The number of hydrogen-bond acceptors (Lipinski definition) is 4. The predicted octanol–water partition coefficient (Wildman–Crippen LogP) is 2.80. The first-order valence-corrected chi connectivity index (χ1v) is 5.27. The van der Waals surface area contributed by atoms with Crippen molar-refractivity contribution in [2.45, 2.75) is 13.8 Å². The molecule has 88 valence electrons. The van der Waals surface area contributed by atoms with Gasteiger partial charge in [-0.3, -0.25) is 0 Å². The second kappa shape index (κ2) is 4.01. The lowest BCUT2D eigenvalue weighted by molar-refractivity contribution is -0.387. The van der Waals surface area contributed by atoms with E-state index < -0.39 is 4.92 Å². The van der Waals surface area contributed by atoms with Gasteiger partial charge in [-0.2, -0.15) is 0 Å². The molecule has 0 saturated heterocycles. The van der Waals surface area contributed by atoms with Crippen LogP contribution in [0.2, 0.25) is 0 Å². The Kier molecular flexibility index (Phi) is 2.67. The quantitative estimate of drug-likeness (QED) is 0.637. The fourth-order valence-electron chi connectivity index (χ4n) is 2.01. The van der Waals surface area contributed by atoms with Gasteiger partial charge in [0, 0.05) is 18.1 Å². The Balaban J connectivity index is 2.94. The number of nitrogens with one attached hydrogen (secondary N) is 1. The number of aromatic nitrogens is 1. The SMILES string of the molecule is CNc1c(C)c(C)cc2c([N+](=O)[O-])nccc12. The van der Waals surface area contributed by atoms with Crippen molar-refractivity contribution >= 4 is 22.3 Å². The van der Waals surface area contributed by atoms with E-state index >= 15 is 0 Å². The highest BCUT2D eigenvalue weighted by atomic mass is 16.6. The third kappa shape index (κ3) is 1.69. The minimum atomic E-state index is -0.448. The molecule has 0 bridgehead atoms. The molecule has 0 amide bonds. The summed E-state index contributed by atoms with van der Waals surface area (Å²) in [6, 6.07) is 3.61. The van der Waals surface area contributed by atoms with Crippen molar-refractivity contribution in [3.8, 4) is 0 Å². The molecule has 1 heterocycles. The highest BCUT2D eigenvalue weighted by Gasteiger charge is 2.16. The van der Waals surface area contributed by atoms with Gasteiger partial charge in [0.2, 0.25) is 0 Å². The van der Waals surface area contributed by atoms with E-state index in [9.17, 15) is 10.1 Å². The van der Waals surface area contributed by atoms with Crippen molar-refractivity contribution in [3.63, 3.8) is 0 Å². The zero-order chi connectivity index (χ0) is 12.6. The van der Waals surface area contributed by atoms with Crippen molar-refractivity contribution in [2.24, 2.45) is 0 Å². The molecular formula is C12H13N3O2. The van der Waals surface area contributed by atoms with Crippen LogP contribution in [0.5, 0.6) is 0 Å². The summed E-state index contributed by atoms with van der Waals surface area (Å²) in [5, 5.41) is 15.4. The molecular weight excluding hydrogens is 218 g/mol. The zero-order valence-electron chi connectivity index (χ0n) is 9.94. The van der Waals surface area contributed by atoms with Crippen LogP contribution in [-0.2, 0) is 0 Å². The summed E-state index contributed by atoms with van der Waals surface area (Å²) in [5.74, 6) is -0.0953. The Morgan fingerprint density at radius 2 is 2.06 bits per heavy atom. The summed E-state index contributed by atoms with van der Waals surface area (Å²) >= 11 is 0. The van der Waals surface area contributed by atoms with E-state index in [0.717, 1.165) is 22.2 Å². The number of nitrogens with zero attached hydrogens (tertiary/aromatic N) is 2. The molecule has 1 N–H and O–H groups in total. The molecule has 2 aromatic rings. The summed E-state index contributed by atoms with van der Waals surface area (Å²) in [7, 11) is 1.81. The van der Waals surface area contributed by atoms with Crippen LogP contribution in [0.25, 0.3) is 10.8 Å². The highest BCUT2D eigenvalue weighted by Crippen LogP contribution is 2.33. The molecule has 0 saturated carbocycles.